The number of hydrogen-bond acceptors (Lipinski definition) is 2. The van der Waals surface area contributed by atoms with Gasteiger partial charge in [-0.05, 0) is 37.1 Å². The van der Waals surface area contributed by atoms with E-state index in [9.17, 15) is 22.8 Å². The maximum atomic E-state index is 13.6. The van der Waals surface area contributed by atoms with E-state index in [2.05, 4.69) is 10.6 Å². The molecule has 0 radical (unpaired) electrons. The standard InChI is InChI=1S/C17H13F3N2O2/c18-10-5-6-14(12(20)9-10)22-16(24)17(7-8-17)15(23)21-13-4-2-1-3-11(13)19/h1-6,9H,7-8H2,(H,21,23)(H,22,24). The van der Waals surface area contributed by atoms with Gasteiger partial charge in [-0.3, -0.25) is 9.59 Å². The van der Waals surface area contributed by atoms with Crippen LogP contribution in [0, 0.1) is 22.9 Å². The fourth-order valence-electron chi connectivity index (χ4n) is 2.32. The zero-order valence-corrected chi connectivity index (χ0v) is 12.4. The molecular formula is C17H13F3N2O2. The summed E-state index contributed by atoms with van der Waals surface area (Å²) in [6.45, 7) is 0. The molecule has 1 fully saturated rings. The minimum Gasteiger partial charge on any atom is -0.323 e. The monoisotopic (exact) mass is 334 g/mol. The molecule has 0 aromatic heterocycles. The maximum absolute atomic E-state index is 13.6. The van der Waals surface area contributed by atoms with E-state index < -0.39 is 34.7 Å². The summed E-state index contributed by atoms with van der Waals surface area (Å²) in [4.78, 5) is 24.7. The summed E-state index contributed by atoms with van der Waals surface area (Å²) in [5, 5.41) is 4.66. The molecule has 2 aromatic rings. The van der Waals surface area contributed by atoms with E-state index in [1.54, 1.807) is 6.07 Å². The number of para-hydroxylation sites is 1. The summed E-state index contributed by atoms with van der Waals surface area (Å²) in [6, 6.07) is 8.29. The molecule has 0 unspecified atom stereocenters. The van der Waals surface area contributed by atoms with Crippen LogP contribution in [0.2, 0.25) is 0 Å². The van der Waals surface area contributed by atoms with Crippen molar-refractivity contribution in [3.8, 4) is 0 Å². The Bertz CT molecular complexity index is 819. The number of carbonyl (C=O) groups is 2. The normalized spacial score (nSPS) is 14.8. The van der Waals surface area contributed by atoms with Gasteiger partial charge in [-0.15, -0.1) is 0 Å². The zero-order valence-electron chi connectivity index (χ0n) is 12.4. The third-order valence-corrected chi connectivity index (χ3v) is 3.92. The lowest BCUT2D eigenvalue weighted by molar-refractivity contribution is -0.131. The van der Waals surface area contributed by atoms with Gasteiger partial charge in [-0.1, -0.05) is 12.1 Å². The average molecular weight is 334 g/mol. The van der Waals surface area contributed by atoms with Crippen molar-refractivity contribution in [3.05, 3.63) is 59.9 Å². The van der Waals surface area contributed by atoms with Crippen LogP contribution in [0.1, 0.15) is 12.8 Å². The van der Waals surface area contributed by atoms with Crippen molar-refractivity contribution in [3.63, 3.8) is 0 Å². The molecule has 0 bridgehead atoms. The van der Waals surface area contributed by atoms with E-state index in [1.807, 2.05) is 0 Å². The van der Waals surface area contributed by atoms with Gasteiger partial charge in [0.1, 0.15) is 22.9 Å². The molecule has 124 valence electrons. The van der Waals surface area contributed by atoms with Crippen LogP contribution in [0.3, 0.4) is 0 Å². The highest BCUT2D eigenvalue weighted by molar-refractivity contribution is 6.16. The first-order chi connectivity index (χ1) is 11.4. The molecule has 2 N–H and O–H groups in total. The van der Waals surface area contributed by atoms with Crippen LogP contribution in [0.25, 0.3) is 0 Å². The summed E-state index contributed by atoms with van der Waals surface area (Å²) in [5.74, 6) is -3.70. The first-order valence-corrected chi connectivity index (χ1v) is 7.25. The topological polar surface area (TPSA) is 58.2 Å². The van der Waals surface area contributed by atoms with Gasteiger partial charge in [-0.25, -0.2) is 13.2 Å². The van der Waals surface area contributed by atoms with Gasteiger partial charge in [0.05, 0.1) is 11.4 Å². The minimum atomic E-state index is -1.37. The van der Waals surface area contributed by atoms with E-state index in [0.717, 1.165) is 12.1 Å². The molecule has 0 heterocycles. The van der Waals surface area contributed by atoms with E-state index in [-0.39, 0.29) is 24.2 Å². The van der Waals surface area contributed by atoms with Crippen molar-refractivity contribution in [1.29, 1.82) is 0 Å². The van der Waals surface area contributed by atoms with Crippen molar-refractivity contribution in [2.45, 2.75) is 12.8 Å². The molecule has 2 amide bonds. The number of halogens is 3. The molecule has 2 aromatic carbocycles. The SMILES string of the molecule is O=C(Nc1ccccc1F)C1(C(=O)Nc2ccc(F)cc2F)CC1. The first-order valence-electron chi connectivity index (χ1n) is 7.25. The van der Waals surface area contributed by atoms with Crippen LogP contribution in [0.15, 0.2) is 42.5 Å². The van der Waals surface area contributed by atoms with Crippen LogP contribution in [-0.2, 0) is 9.59 Å². The van der Waals surface area contributed by atoms with Gasteiger partial charge in [0.2, 0.25) is 11.8 Å². The summed E-state index contributed by atoms with van der Waals surface area (Å²) in [6.07, 6.45) is 0.532. The quantitative estimate of drug-likeness (QED) is 0.841. The Morgan fingerprint density at radius 1 is 0.833 bits per heavy atom. The molecule has 7 heteroatoms. The second-order valence-corrected chi connectivity index (χ2v) is 5.59. The molecule has 0 aliphatic heterocycles. The van der Waals surface area contributed by atoms with Crippen molar-refractivity contribution in [1.82, 2.24) is 0 Å². The van der Waals surface area contributed by atoms with Gasteiger partial charge in [-0.2, -0.15) is 0 Å². The molecular weight excluding hydrogens is 321 g/mol. The van der Waals surface area contributed by atoms with Crippen LogP contribution >= 0.6 is 0 Å². The number of anilines is 2. The highest BCUT2D eigenvalue weighted by Crippen LogP contribution is 2.47. The Morgan fingerprint density at radius 3 is 1.96 bits per heavy atom. The number of rotatable bonds is 4. The third-order valence-electron chi connectivity index (χ3n) is 3.92. The number of benzene rings is 2. The first kappa shape index (κ1) is 16.0. The van der Waals surface area contributed by atoms with Gasteiger partial charge < -0.3 is 10.6 Å². The lowest BCUT2D eigenvalue weighted by atomic mass is 10.0. The van der Waals surface area contributed by atoms with E-state index in [1.165, 1.54) is 18.2 Å². The van der Waals surface area contributed by atoms with E-state index in [0.29, 0.717) is 6.07 Å². The maximum Gasteiger partial charge on any atom is 0.240 e. The van der Waals surface area contributed by atoms with Gasteiger partial charge in [0.15, 0.2) is 0 Å². The molecule has 1 aliphatic rings. The lowest BCUT2D eigenvalue weighted by Crippen LogP contribution is -2.36. The Labute approximate surface area is 135 Å². The van der Waals surface area contributed by atoms with E-state index in [4.69, 9.17) is 0 Å². The van der Waals surface area contributed by atoms with Gasteiger partial charge >= 0.3 is 0 Å². The molecule has 1 saturated carbocycles. The van der Waals surface area contributed by atoms with Crippen LogP contribution in [0.4, 0.5) is 24.5 Å². The Morgan fingerprint density at radius 2 is 1.42 bits per heavy atom. The second-order valence-electron chi connectivity index (χ2n) is 5.59. The zero-order chi connectivity index (χ0) is 17.3. The van der Waals surface area contributed by atoms with Gasteiger partial charge in [0, 0.05) is 6.07 Å². The van der Waals surface area contributed by atoms with Crippen molar-refractivity contribution >= 4 is 23.2 Å². The minimum absolute atomic E-state index is 0.0328. The summed E-state index contributed by atoms with van der Waals surface area (Å²) in [5.41, 5.74) is -1.62. The Balaban J connectivity index is 1.74. The predicted octanol–water partition coefficient (Wildman–Crippen LogP) is 3.46. The number of nitrogens with one attached hydrogen (secondary N) is 2. The molecule has 4 nitrogen and oxygen atoms in total. The molecule has 3 rings (SSSR count). The average Bonchev–Trinajstić information content (AvgIpc) is 3.34. The van der Waals surface area contributed by atoms with Crippen LogP contribution < -0.4 is 10.6 Å². The van der Waals surface area contributed by atoms with Crippen LogP contribution in [-0.4, -0.2) is 11.8 Å². The largest absolute Gasteiger partial charge is 0.323 e. The van der Waals surface area contributed by atoms with Crippen molar-refractivity contribution < 1.29 is 22.8 Å². The fraction of sp³-hybridized carbons (Fsp3) is 0.176. The third kappa shape index (κ3) is 2.97. The summed E-state index contributed by atoms with van der Waals surface area (Å²) in [7, 11) is 0. The number of hydrogen-bond donors (Lipinski definition) is 2. The Kier molecular flexibility index (Phi) is 4.01. The summed E-state index contributed by atoms with van der Waals surface area (Å²) < 4.78 is 40.1. The molecule has 1 aliphatic carbocycles. The highest BCUT2D eigenvalue weighted by Gasteiger charge is 2.56. The van der Waals surface area contributed by atoms with Crippen LogP contribution in [0.5, 0.6) is 0 Å². The fourth-order valence-corrected chi connectivity index (χ4v) is 2.32. The Hall–Kier alpha value is -2.83. The van der Waals surface area contributed by atoms with Crippen molar-refractivity contribution in [2.24, 2.45) is 5.41 Å². The summed E-state index contributed by atoms with van der Waals surface area (Å²) >= 11 is 0. The predicted molar refractivity (Wildman–Crippen MR) is 81.7 cm³/mol. The lowest BCUT2D eigenvalue weighted by Gasteiger charge is -2.16. The molecule has 0 saturated heterocycles. The smallest absolute Gasteiger partial charge is 0.240 e. The van der Waals surface area contributed by atoms with Gasteiger partial charge in [0.25, 0.3) is 0 Å². The highest BCUT2D eigenvalue weighted by atomic mass is 19.1. The van der Waals surface area contributed by atoms with E-state index >= 15 is 0 Å². The molecule has 0 spiro atoms. The molecule has 24 heavy (non-hydrogen) atoms. The molecule has 0 atom stereocenters. The van der Waals surface area contributed by atoms with Crippen molar-refractivity contribution in [2.75, 3.05) is 10.6 Å². The second kappa shape index (κ2) is 5.99. The number of carbonyl (C=O) groups excluding carboxylic acids is 2. The number of amides is 2.